The van der Waals surface area contributed by atoms with Gasteiger partial charge in [-0.2, -0.15) is 0 Å². The number of para-hydroxylation sites is 2. The molecule has 341 valence electrons. The quantitative estimate of drug-likeness (QED) is 0.114. The van der Waals surface area contributed by atoms with Crippen LogP contribution in [0.25, 0.3) is 5.32 Å². The Morgan fingerprint density at radius 1 is 0.556 bits per heavy atom. The maximum absolute atomic E-state index is 13.3. The molecule has 1 N–H and O–H groups in total. The number of nitrogens with zero attached hydrogens (tertiary/aromatic N) is 2. The number of rotatable bonds is 12. The van der Waals surface area contributed by atoms with E-state index in [-0.39, 0.29) is 41.0 Å². The monoisotopic (exact) mass is 956 g/mol. The van der Waals surface area contributed by atoms with Crippen molar-refractivity contribution in [3.8, 4) is 0 Å². The molecule has 3 aliphatic rings. The second kappa shape index (κ2) is 26.0. The molecule has 7 heteroatoms. The van der Waals surface area contributed by atoms with Crippen LogP contribution in [0.15, 0.2) is 84.9 Å². The number of nitrogens with one attached hydrogen (secondary N) is 1. The Kier molecular flexibility index (Phi) is 20.9. The summed E-state index contributed by atoms with van der Waals surface area (Å²) in [5.41, 5.74) is 10.9. The number of pyridine rings is 1. The summed E-state index contributed by atoms with van der Waals surface area (Å²) in [5, 5.41) is 7.58. The summed E-state index contributed by atoms with van der Waals surface area (Å²) in [6.45, 7) is 16.8. The predicted octanol–water partition coefficient (Wildman–Crippen LogP) is 16.5. The fourth-order valence-electron chi connectivity index (χ4n) is 9.91. The first kappa shape index (κ1) is 50.7. The summed E-state index contributed by atoms with van der Waals surface area (Å²) in [4.78, 5) is 30.9. The maximum atomic E-state index is 13.3. The van der Waals surface area contributed by atoms with Crippen LogP contribution in [0.2, 0.25) is 0 Å². The van der Waals surface area contributed by atoms with Crippen LogP contribution >= 0.6 is 7.92 Å². The fraction of sp³-hybridized carbons (Fsp3) is 0.536. The molecule has 7 rings (SSSR count). The van der Waals surface area contributed by atoms with E-state index < -0.39 is 5.91 Å². The van der Waals surface area contributed by atoms with Crippen LogP contribution in [0.4, 0.5) is 11.4 Å². The van der Waals surface area contributed by atoms with Crippen LogP contribution in [0.3, 0.4) is 0 Å². The molecule has 3 saturated carbocycles. The van der Waals surface area contributed by atoms with E-state index in [1.165, 1.54) is 41.8 Å². The Bertz CT molecular complexity index is 1840. The van der Waals surface area contributed by atoms with E-state index >= 15 is 0 Å². The molecule has 0 aliphatic heterocycles. The number of anilines is 1. The molecule has 2 amide bonds. The molecule has 3 aliphatic carbocycles. The molecule has 0 saturated heterocycles. The molecule has 0 bridgehead atoms. The topological polar surface area (TPSA) is 73.2 Å². The van der Waals surface area contributed by atoms with Crippen molar-refractivity contribution in [2.45, 2.75) is 192 Å². The molecular weight excluding hydrogens is 879 g/mol. The van der Waals surface area contributed by atoms with Crippen LogP contribution in [0.1, 0.15) is 224 Å². The number of hydrogen-bond donors (Lipinski definition) is 1. The molecule has 5 nitrogen and oxygen atoms in total. The van der Waals surface area contributed by atoms with Crippen molar-refractivity contribution < 1.29 is 27.4 Å². The summed E-state index contributed by atoms with van der Waals surface area (Å²) >= 11 is 2.48. The van der Waals surface area contributed by atoms with E-state index in [0.29, 0.717) is 13.6 Å². The average Bonchev–Trinajstić information content (AvgIpc) is 3.30. The number of carbonyl (C=O) groups is 2. The second-order valence-corrected chi connectivity index (χ2v) is 22.9. The minimum atomic E-state index is -0.454. The van der Waals surface area contributed by atoms with Crippen molar-refractivity contribution in [3.05, 3.63) is 129 Å². The zero-order valence-corrected chi connectivity index (χ0v) is 42.5. The van der Waals surface area contributed by atoms with Crippen LogP contribution in [0.5, 0.6) is 0 Å². The van der Waals surface area contributed by atoms with Gasteiger partial charge in [-0.25, -0.2) is 4.98 Å². The molecule has 63 heavy (non-hydrogen) atoms. The molecule has 4 aromatic rings. The third-order valence-electron chi connectivity index (χ3n) is 13.3. The third-order valence-corrected chi connectivity index (χ3v) is 17.9. The van der Waals surface area contributed by atoms with Gasteiger partial charge in [-0.05, 0) is 102 Å². The van der Waals surface area contributed by atoms with E-state index in [9.17, 15) is 9.59 Å². The molecule has 3 aromatic carbocycles. The average molecular weight is 956 g/mol. The van der Waals surface area contributed by atoms with Gasteiger partial charge in [0.05, 0.1) is 5.69 Å². The number of carbonyl (C=O) groups excluding carboxylic acids is 2. The summed E-state index contributed by atoms with van der Waals surface area (Å²) in [5.74, 6) is 0.132. The zero-order valence-electron chi connectivity index (χ0n) is 39.8. The molecule has 0 spiro atoms. The van der Waals surface area contributed by atoms with E-state index in [2.05, 4.69) is 101 Å². The SMILES string of the molecule is C1CCC(P(C2CCCCC2)C2CCCCC2)CC1.CC(C)c1cccc(C(C)C)c1[N-]C(=O)c1cccc(C(=O)Nc2c(C(C)C)cccc2C(C)C)n1.[Ru+]=[CH]c1ccccc1. The van der Waals surface area contributed by atoms with Gasteiger partial charge in [0.2, 0.25) is 0 Å². The molecule has 0 radical (unpaired) electrons. The standard InChI is InChI=1S/C31H39N3O2.C18H33P.C7H6.Ru/c1-18(2)22-12-9-13-23(19(3)4)28(22)33-30(35)26-16-11-17-27(32-26)31(36)34-29-24(20(5)6)14-10-15-25(29)21(7)8;1-4-10-16(11-5-1)19(17-12-6-2-7-13-17)18-14-8-3-9-15-18;1-7-5-3-2-4-6-7;/h9-21H,1-8H3,(H2,33,34,35,36);16-18H,1-15H2;1-6H;/q;;;+1/p-1. The minimum absolute atomic E-state index is 0.150. The van der Waals surface area contributed by atoms with Gasteiger partial charge in [0.25, 0.3) is 5.91 Å². The Labute approximate surface area is 393 Å². The van der Waals surface area contributed by atoms with Crippen molar-refractivity contribution in [1.82, 2.24) is 4.98 Å². The normalized spacial score (nSPS) is 16.3. The van der Waals surface area contributed by atoms with Crippen LogP contribution < -0.4 is 5.32 Å². The number of benzene rings is 3. The van der Waals surface area contributed by atoms with Gasteiger partial charge in [0.1, 0.15) is 11.6 Å². The summed E-state index contributed by atoms with van der Waals surface area (Å²) in [6, 6.07) is 27.3. The number of aromatic nitrogens is 1. The van der Waals surface area contributed by atoms with Crippen molar-refractivity contribution in [2.75, 3.05) is 5.32 Å². The van der Waals surface area contributed by atoms with Crippen LogP contribution in [0, 0.1) is 0 Å². The van der Waals surface area contributed by atoms with E-state index in [1.54, 1.807) is 95.2 Å². The van der Waals surface area contributed by atoms with Gasteiger partial charge in [-0.1, -0.05) is 175 Å². The number of amides is 2. The van der Waals surface area contributed by atoms with Crippen LogP contribution in [-0.2, 0) is 17.9 Å². The van der Waals surface area contributed by atoms with E-state index in [4.69, 9.17) is 0 Å². The van der Waals surface area contributed by atoms with E-state index in [0.717, 1.165) is 27.9 Å². The van der Waals surface area contributed by atoms with Gasteiger partial charge in [-0.3, -0.25) is 4.79 Å². The molecule has 3 fully saturated rings. The second-order valence-electron chi connectivity index (χ2n) is 19.3. The first-order valence-corrected chi connectivity index (χ1v) is 27.0. The zero-order chi connectivity index (χ0) is 45.3. The summed E-state index contributed by atoms with van der Waals surface area (Å²) in [6.07, 6.45) is 23.6. The van der Waals surface area contributed by atoms with Gasteiger partial charge >= 0.3 is 58.4 Å². The van der Waals surface area contributed by atoms with Crippen LogP contribution in [-0.4, -0.2) is 38.4 Å². The third kappa shape index (κ3) is 14.8. The number of hydrogen-bond acceptors (Lipinski definition) is 3. The van der Waals surface area contributed by atoms with Gasteiger partial charge < -0.3 is 15.4 Å². The Morgan fingerprint density at radius 3 is 1.35 bits per heavy atom. The molecule has 1 heterocycles. The van der Waals surface area contributed by atoms with Crippen molar-refractivity contribution in [3.63, 3.8) is 0 Å². The molecule has 1 aromatic heterocycles. The van der Waals surface area contributed by atoms with Gasteiger partial charge in [0.15, 0.2) is 0 Å². The summed E-state index contributed by atoms with van der Waals surface area (Å²) in [7, 11) is 0.385. The van der Waals surface area contributed by atoms with Crippen molar-refractivity contribution >= 4 is 35.7 Å². The Hall–Kier alpha value is -3.33. The van der Waals surface area contributed by atoms with Crippen molar-refractivity contribution in [1.29, 1.82) is 0 Å². The van der Waals surface area contributed by atoms with E-state index in [1.807, 2.05) is 59.2 Å². The first-order chi connectivity index (χ1) is 30.4. The predicted molar refractivity (Wildman–Crippen MR) is 268 cm³/mol. The first-order valence-electron chi connectivity index (χ1n) is 24.4. The summed E-state index contributed by atoms with van der Waals surface area (Å²) < 4.78 is 2.01. The van der Waals surface area contributed by atoms with Crippen molar-refractivity contribution in [2.24, 2.45) is 0 Å². The Morgan fingerprint density at radius 2 is 0.952 bits per heavy atom. The fourth-order valence-corrected chi connectivity index (χ4v) is 14.9. The molecule has 0 atom stereocenters. The molecular formula is C56H77N3O2PRu. The Balaban J connectivity index is 0.000000227. The molecule has 0 unspecified atom stereocenters. The van der Waals surface area contributed by atoms with Gasteiger partial charge in [0, 0.05) is 5.69 Å². The van der Waals surface area contributed by atoms with Gasteiger partial charge in [-0.15, -0.1) is 5.69 Å².